The SMILES string of the molecule is Cc1c(C)c(C)[c-](C)c1C.Cc1c(C)c(C)[c-](C)c1C.FC(F)(F)c1cc([B-](c2cc(C(F)(F)F)cc(C(F)(F)F)c2)(c2cc(C(F)(F)F)cc(C(F)(F)F)c2)c2cc(C(F)(F)F)cc(C(F)(F)F)c2)cc(C(F)(F)F)c1.[Fe+3].[Fe+3].[NH-]N.[S-]c1ccccc1[S-]. The molecular weight excluding hydrogens is 1370 g/mol. The van der Waals surface area contributed by atoms with Crippen molar-refractivity contribution in [2.75, 3.05) is 0 Å². The van der Waals surface area contributed by atoms with Gasteiger partial charge in [-0.15, -0.1) is 0 Å². The molecule has 0 saturated heterocycles. The average Bonchev–Trinajstić information content (AvgIpc) is 1.30. The van der Waals surface area contributed by atoms with Crippen LogP contribution in [-0.4, -0.2) is 6.15 Å². The van der Waals surface area contributed by atoms with Crippen molar-refractivity contribution < 1.29 is 140 Å². The summed E-state index contributed by atoms with van der Waals surface area (Å²) < 4.78 is 341. The molecule has 0 heterocycles. The zero-order valence-electron chi connectivity index (χ0n) is 47.5. The van der Waals surface area contributed by atoms with Crippen LogP contribution in [0.25, 0.3) is 5.84 Å². The standard InChI is InChI=1S/C32H12BF24.2C10H15.C6H6S2.2Fe.H3N2/c34-25(35,36)13-1-14(26(37,38)39)6-21(5-13)33(22-7-15(27(40,41)42)2-16(8-22)28(43,44)45,23-9-17(29(46,47)48)3-18(10-23)30(49,50)51)24-11-19(31(52,53)54)4-20(12-24)32(55,56)57;2*1-6-7(2)9(4)10(5)8(6)3;7-5-3-1-2-4-6(5)8;;;1-2/h1-12H;2*1-5H3;1-4,7-8H;;;1H,2H2/q3*-1;;2*+3;-1/p-2. The van der Waals surface area contributed by atoms with Crippen molar-refractivity contribution >= 4 is 53.3 Å². The molecule has 31 heteroatoms. The first-order chi connectivity index (χ1) is 39.2. The first kappa shape index (κ1) is 81.6. The molecule has 0 aliphatic heterocycles. The molecule has 3 N–H and O–H groups in total. The number of rotatable bonds is 4. The van der Waals surface area contributed by atoms with Crippen molar-refractivity contribution in [2.24, 2.45) is 5.84 Å². The normalized spacial score (nSPS) is 12.4. The summed E-state index contributed by atoms with van der Waals surface area (Å²) in [6.45, 7) is 22.0. The van der Waals surface area contributed by atoms with Crippen LogP contribution in [0.1, 0.15) is 100 Å². The van der Waals surface area contributed by atoms with Crippen LogP contribution in [0.4, 0.5) is 105 Å². The van der Waals surface area contributed by atoms with E-state index < -0.39 is 195 Å². The molecular formula is C58H49BF24Fe2N2S2. The van der Waals surface area contributed by atoms with Gasteiger partial charge in [-0.2, -0.15) is 193 Å². The van der Waals surface area contributed by atoms with Gasteiger partial charge in [0.2, 0.25) is 0 Å². The average molecular weight is 1420 g/mol. The van der Waals surface area contributed by atoms with Gasteiger partial charge >= 0.3 is 83.5 Å². The second-order valence-corrected chi connectivity index (χ2v) is 20.8. The maximum absolute atomic E-state index is 14.2. The van der Waals surface area contributed by atoms with Crippen LogP contribution in [0.15, 0.2) is 107 Å². The Morgan fingerprint density at radius 1 is 0.303 bits per heavy atom. The fraction of sp³-hybridized carbons (Fsp3) is 0.310. The van der Waals surface area contributed by atoms with Crippen molar-refractivity contribution in [3.8, 4) is 0 Å². The van der Waals surface area contributed by atoms with E-state index in [0.29, 0.717) is 0 Å². The summed E-state index contributed by atoms with van der Waals surface area (Å²) >= 11 is 9.70. The number of alkyl halides is 24. The van der Waals surface area contributed by atoms with Crippen LogP contribution in [0, 0.1) is 69.2 Å². The van der Waals surface area contributed by atoms with Gasteiger partial charge in [0, 0.05) is 0 Å². The predicted molar refractivity (Wildman–Crippen MR) is 288 cm³/mol. The van der Waals surface area contributed by atoms with Crippen LogP contribution in [0.2, 0.25) is 0 Å². The molecule has 0 unspecified atom stereocenters. The van der Waals surface area contributed by atoms with Crippen molar-refractivity contribution in [3.63, 3.8) is 0 Å². The van der Waals surface area contributed by atoms with Crippen LogP contribution < -0.4 is 27.7 Å². The Kier molecular flexibility index (Phi) is 27.0. The van der Waals surface area contributed by atoms with E-state index in [9.17, 15) is 105 Å². The fourth-order valence-electron chi connectivity index (χ4n) is 9.33. The smallest absolute Gasteiger partial charge is 0.781 e. The first-order valence-electron chi connectivity index (χ1n) is 24.6. The molecule has 0 aliphatic rings. The molecule has 2 nitrogen and oxygen atoms in total. The Labute approximate surface area is 527 Å². The van der Waals surface area contributed by atoms with Crippen molar-refractivity contribution in [1.82, 2.24) is 0 Å². The molecule has 7 aromatic rings. The number of nitrogens with two attached hydrogens (primary N) is 1. The van der Waals surface area contributed by atoms with Gasteiger partial charge in [0.1, 0.15) is 6.15 Å². The predicted octanol–water partition coefficient (Wildman–Crippen LogP) is 18.5. The van der Waals surface area contributed by atoms with Crippen molar-refractivity contribution in [2.45, 2.75) is 128 Å². The summed E-state index contributed by atoms with van der Waals surface area (Å²) in [6, 6.07) is -1.37. The second-order valence-electron chi connectivity index (χ2n) is 19.9. The number of halogens is 24. The number of nitrogens with one attached hydrogen (secondary N) is 1. The molecule has 0 amide bonds. The molecule has 490 valence electrons. The summed E-state index contributed by atoms with van der Waals surface area (Å²) in [5.41, 5.74) is -15.5. The monoisotopic (exact) mass is 1420 g/mol. The van der Waals surface area contributed by atoms with Gasteiger partial charge in [-0.3, -0.25) is 0 Å². The van der Waals surface area contributed by atoms with Crippen LogP contribution in [0.5, 0.6) is 0 Å². The van der Waals surface area contributed by atoms with Crippen LogP contribution in [0.3, 0.4) is 0 Å². The summed E-state index contributed by atoms with van der Waals surface area (Å²) in [6.07, 6.45) is -54.8. The van der Waals surface area contributed by atoms with Gasteiger partial charge in [-0.25, -0.2) is 0 Å². The Balaban J connectivity index is 0.000000996. The summed E-state index contributed by atoms with van der Waals surface area (Å²) in [5, 5.41) is 0. The Morgan fingerprint density at radius 3 is 0.528 bits per heavy atom. The molecule has 0 spiro atoms. The van der Waals surface area contributed by atoms with Gasteiger partial charge in [0.15, 0.2) is 0 Å². The number of hydrogen-bond acceptors (Lipinski definition) is 3. The van der Waals surface area contributed by atoms with Crippen molar-refractivity contribution in [3.05, 3.63) is 203 Å². The Morgan fingerprint density at radius 2 is 0.438 bits per heavy atom. The zero-order chi connectivity index (χ0) is 67.7. The van der Waals surface area contributed by atoms with Gasteiger partial charge in [-0.1, -0.05) is 142 Å². The molecule has 0 fully saturated rings. The molecule has 0 aromatic heterocycles. The maximum atomic E-state index is 14.2. The van der Waals surface area contributed by atoms with E-state index in [1.54, 1.807) is 0 Å². The van der Waals surface area contributed by atoms with Crippen molar-refractivity contribution in [1.29, 1.82) is 0 Å². The summed E-state index contributed by atoms with van der Waals surface area (Å²) in [5.74, 6) is 9.00. The molecule has 89 heavy (non-hydrogen) atoms. The van der Waals surface area contributed by atoms with Gasteiger partial charge in [-0.05, 0) is 24.3 Å². The van der Waals surface area contributed by atoms with E-state index in [4.69, 9.17) is 31.1 Å². The maximum Gasteiger partial charge on any atom is 3.00 e. The van der Waals surface area contributed by atoms with E-state index in [2.05, 4.69) is 75.1 Å². The minimum atomic E-state index is -6.13. The first-order valence-corrected chi connectivity index (χ1v) is 25.5. The summed E-state index contributed by atoms with van der Waals surface area (Å²) in [4.78, 5) is 1.53. The van der Waals surface area contributed by atoms with E-state index in [1.165, 1.54) is 55.6 Å². The number of hydrogen-bond donors (Lipinski definition) is 1. The third-order valence-corrected chi connectivity index (χ3v) is 15.8. The van der Waals surface area contributed by atoms with E-state index >= 15 is 0 Å². The molecule has 0 bridgehead atoms. The Hall–Kier alpha value is -5.42. The van der Waals surface area contributed by atoms with E-state index in [-0.39, 0.29) is 34.1 Å². The van der Waals surface area contributed by atoms with Crippen LogP contribution in [-0.2, 0) is 109 Å². The topological polar surface area (TPSA) is 49.8 Å². The third kappa shape index (κ3) is 19.6. The van der Waals surface area contributed by atoms with E-state index in [0.717, 1.165) is 9.79 Å². The zero-order valence-corrected chi connectivity index (χ0v) is 51.3. The second kappa shape index (κ2) is 29.5. The van der Waals surface area contributed by atoms with E-state index in [1.807, 2.05) is 24.3 Å². The molecule has 0 saturated carbocycles. The van der Waals surface area contributed by atoms with Crippen LogP contribution >= 0.6 is 0 Å². The van der Waals surface area contributed by atoms with Gasteiger partial charge in [0.25, 0.3) is 0 Å². The molecule has 0 atom stereocenters. The fourth-order valence-corrected chi connectivity index (χ4v) is 9.63. The molecule has 7 aromatic carbocycles. The molecule has 0 aliphatic carbocycles. The largest absolute Gasteiger partial charge is 3.00 e. The summed E-state index contributed by atoms with van der Waals surface area (Å²) in [7, 11) is 0. The minimum Gasteiger partial charge on any atom is -0.781 e. The Bertz CT molecular complexity index is 2870. The third-order valence-electron chi connectivity index (χ3n) is 14.9. The quantitative estimate of drug-likeness (QED) is 0.0477. The molecule has 7 rings (SSSR count). The molecule has 2 radical (unpaired) electrons. The number of benzene rings is 5. The van der Waals surface area contributed by atoms with Gasteiger partial charge in [0.05, 0.1) is 44.5 Å². The minimum absolute atomic E-state index is 0. The van der Waals surface area contributed by atoms with Gasteiger partial charge < -0.3 is 36.9 Å².